The number of rotatable bonds is 9. The second kappa shape index (κ2) is 11.3. The SMILES string of the molecule is COC(=O)CC1COc2cc(O[C@@H]3CCc4c(-c5c(C)cc(OCCSC)cc5C)ccc(F)c43)ccc21. The maximum Gasteiger partial charge on any atom is 0.306 e. The first-order chi connectivity index (χ1) is 18.4. The third kappa shape index (κ3) is 5.21. The van der Waals surface area contributed by atoms with Crippen LogP contribution in [0.25, 0.3) is 11.1 Å². The lowest BCUT2D eigenvalue weighted by molar-refractivity contribution is -0.141. The summed E-state index contributed by atoms with van der Waals surface area (Å²) in [5.74, 6) is 2.60. The minimum absolute atomic E-state index is 0.0347. The number of thioether (sulfide) groups is 1. The number of ether oxygens (including phenoxy) is 4. The van der Waals surface area contributed by atoms with Gasteiger partial charge in [-0.25, -0.2) is 4.39 Å². The highest BCUT2D eigenvalue weighted by atomic mass is 32.2. The predicted octanol–water partition coefficient (Wildman–Crippen LogP) is 6.96. The van der Waals surface area contributed by atoms with Crippen LogP contribution >= 0.6 is 11.8 Å². The molecule has 1 aliphatic carbocycles. The van der Waals surface area contributed by atoms with Crippen LogP contribution in [-0.2, 0) is 16.0 Å². The highest BCUT2D eigenvalue weighted by Crippen LogP contribution is 2.45. The fourth-order valence-corrected chi connectivity index (χ4v) is 5.90. The topological polar surface area (TPSA) is 54.0 Å². The van der Waals surface area contributed by atoms with Gasteiger partial charge in [-0.1, -0.05) is 12.1 Å². The number of aryl methyl sites for hydroxylation is 2. The first kappa shape index (κ1) is 26.4. The van der Waals surface area contributed by atoms with E-state index in [1.54, 1.807) is 17.8 Å². The number of hydrogen-bond donors (Lipinski definition) is 0. The van der Waals surface area contributed by atoms with E-state index in [4.69, 9.17) is 18.9 Å². The lowest BCUT2D eigenvalue weighted by Crippen LogP contribution is -2.09. The van der Waals surface area contributed by atoms with Crippen LogP contribution < -0.4 is 14.2 Å². The molecule has 5 rings (SSSR count). The Hall–Kier alpha value is -3.19. The van der Waals surface area contributed by atoms with Gasteiger partial charge in [0, 0.05) is 28.9 Å². The number of hydrogen-bond acceptors (Lipinski definition) is 6. The Morgan fingerprint density at radius 2 is 1.89 bits per heavy atom. The molecule has 0 amide bonds. The molecule has 3 aromatic rings. The molecular weight excluding hydrogens is 503 g/mol. The largest absolute Gasteiger partial charge is 0.493 e. The van der Waals surface area contributed by atoms with Gasteiger partial charge >= 0.3 is 5.97 Å². The summed E-state index contributed by atoms with van der Waals surface area (Å²) in [6.45, 7) is 5.27. The molecule has 1 aliphatic heterocycles. The van der Waals surface area contributed by atoms with E-state index in [1.165, 1.54) is 7.11 Å². The highest BCUT2D eigenvalue weighted by Gasteiger charge is 2.32. The first-order valence-electron chi connectivity index (χ1n) is 12.9. The minimum Gasteiger partial charge on any atom is -0.493 e. The molecule has 2 aliphatic rings. The number of benzene rings is 3. The number of carbonyl (C=O) groups excluding carboxylic acids is 1. The molecule has 7 heteroatoms. The van der Waals surface area contributed by atoms with Crippen molar-refractivity contribution in [3.63, 3.8) is 0 Å². The molecule has 1 unspecified atom stereocenters. The van der Waals surface area contributed by atoms with Crippen molar-refractivity contribution in [2.45, 2.75) is 45.1 Å². The molecule has 38 heavy (non-hydrogen) atoms. The van der Waals surface area contributed by atoms with Crippen molar-refractivity contribution in [3.05, 3.63) is 76.1 Å². The maximum atomic E-state index is 15.2. The maximum absolute atomic E-state index is 15.2. The van der Waals surface area contributed by atoms with Crippen LogP contribution in [0.4, 0.5) is 4.39 Å². The number of halogens is 1. The van der Waals surface area contributed by atoms with E-state index in [1.807, 2.05) is 24.3 Å². The van der Waals surface area contributed by atoms with Gasteiger partial charge in [0.15, 0.2) is 0 Å². The average molecular weight is 537 g/mol. The zero-order chi connectivity index (χ0) is 26.8. The van der Waals surface area contributed by atoms with Crippen molar-refractivity contribution in [1.29, 1.82) is 0 Å². The van der Waals surface area contributed by atoms with Crippen LogP contribution in [0.2, 0.25) is 0 Å². The third-order valence-corrected chi connectivity index (χ3v) is 7.97. The molecule has 0 radical (unpaired) electrons. The molecule has 5 nitrogen and oxygen atoms in total. The van der Waals surface area contributed by atoms with E-state index < -0.39 is 0 Å². The standard InChI is InChI=1S/C31H33FO5S/c1-18-13-22(35-11-12-38-4)14-19(2)30(18)24-7-9-26(32)31-25(24)8-10-27(31)37-21-5-6-23-20(15-29(33)34-3)17-36-28(23)16-21/h5-7,9,13-14,16,20,27H,8,10-12,15,17H2,1-4H3/t20?,27-/m1/s1. The van der Waals surface area contributed by atoms with Crippen LogP contribution in [0.5, 0.6) is 17.2 Å². The Labute approximate surface area is 227 Å². The zero-order valence-corrected chi connectivity index (χ0v) is 23.1. The van der Waals surface area contributed by atoms with Gasteiger partial charge in [0.05, 0.1) is 26.7 Å². The first-order valence-corrected chi connectivity index (χ1v) is 14.3. The van der Waals surface area contributed by atoms with E-state index >= 15 is 4.39 Å². The van der Waals surface area contributed by atoms with Crippen LogP contribution in [0.1, 0.15) is 52.7 Å². The third-order valence-electron chi connectivity index (χ3n) is 7.40. The molecule has 0 saturated carbocycles. The second-order valence-corrected chi connectivity index (χ2v) is 10.9. The van der Waals surface area contributed by atoms with E-state index in [-0.39, 0.29) is 30.2 Å². The summed E-state index contributed by atoms with van der Waals surface area (Å²) in [4.78, 5) is 11.7. The molecule has 3 aromatic carbocycles. The van der Waals surface area contributed by atoms with Crippen molar-refractivity contribution in [3.8, 4) is 28.4 Å². The quantitative estimate of drug-likeness (QED) is 0.218. The summed E-state index contributed by atoms with van der Waals surface area (Å²) < 4.78 is 38.1. The molecular formula is C31H33FO5S. The van der Waals surface area contributed by atoms with Gasteiger partial charge < -0.3 is 18.9 Å². The monoisotopic (exact) mass is 536 g/mol. The summed E-state index contributed by atoms with van der Waals surface area (Å²) in [6, 6.07) is 13.2. The van der Waals surface area contributed by atoms with Crippen molar-refractivity contribution in [2.24, 2.45) is 0 Å². The molecule has 0 saturated heterocycles. The molecule has 0 aromatic heterocycles. The fraction of sp³-hybridized carbons (Fsp3) is 0.387. The summed E-state index contributed by atoms with van der Waals surface area (Å²) in [6.07, 6.45) is 3.39. The highest BCUT2D eigenvalue weighted by molar-refractivity contribution is 7.98. The molecule has 0 spiro atoms. The normalized spacial score (nSPS) is 17.5. The number of fused-ring (bicyclic) bond motifs is 2. The second-order valence-electron chi connectivity index (χ2n) is 9.89. The predicted molar refractivity (Wildman–Crippen MR) is 148 cm³/mol. The van der Waals surface area contributed by atoms with E-state index in [0.29, 0.717) is 36.7 Å². The minimum atomic E-state index is -0.384. The van der Waals surface area contributed by atoms with Crippen LogP contribution in [0.3, 0.4) is 0 Å². The fourth-order valence-electron chi connectivity index (χ4n) is 5.65. The number of carbonyl (C=O) groups is 1. The summed E-state index contributed by atoms with van der Waals surface area (Å²) >= 11 is 1.76. The molecule has 200 valence electrons. The van der Waals surface area contributed by atoms with Gasteiger partial charge in [-0.15, -0.1) is 0 Å². The van der Waals surface area contributed by atoms with Gasteiger partial charge in [-0.05, 0) is 85.0 Å². The Kier molecular flexibility index (Phi) is 7.84. The summed E-state index contributed by atoms with van der Waals surface area (Å²) in [5, 5.41) is 0. The van der Waals surface area contributed by atoms with Crippen molar-refractivity contribution in [1.82, 2.24) is 0 Å². The smallest absolute Gasteiger partial charge is 0.306 e. The molecule has 2 atom stereocenters. The van der Waals surface area contributed by atoms with Crippen LogP contribution in [0.15, 0.2) is 42.5 Å². The molecule has 0 bridgehead atoms. The van der Waals surface area contributed by atoms with Crippen molar-refractivity contribution >= 4 is 17.7 Å². The lowest BCUT2D eigenvalue weighted by atomic mass is 9.90. The zero-order valence-electron chi connectivity index (χ0n) is 22.3. The van der Waals surface area contributed by atoms with Gasteiger partial charge in [-0.2, -0.15) is 11.8 Å². The Bertz CT molecular complexity index is 1330. The molecule has 0 N–H and O–H groups in total. The summed E-state index contributed by atoms with van der Waals surface area (Å²) in [5.41, 5.74) is 7.01. The number of methoxy groups -OCH3 is 1. The molecule has 0 fully saturated rings. The van der Waals surface area contributed by atoms with E-state index in [2.05, 4.69) is 32.2 Å². The van der Waals surface area contributed by atoms with Crippen molar-refractivity contribution < 1.29 is 28.1 Å². The summed E-state index contributed by atoms with van der Waals surface area (Å²) in [7, 11) is 1.39. The van der Waals surface area contributed by atoms with E-state index in [0.717, 1.165) is 51.3 Å². The lowest BCUT2D eigenvalue weighted by Gasteiger charge is -2.19. The van der Waals surface area contributed by atoms with Gasteiger partial charge in [0.1, 0.15) is 29.2 Å². The number of esters is 1. The van der Waals surface area contributed by atoms with E-state index in [9.17, 15) is 4.79 Å². The Morgan fingerprint density at radius 3 is 2.63 bits per heavy atom. The van der Waals surface area contributed by atoms with Crippen molar-refractivity contribution in [2.75, 3.05) is 32.3 Å². The molecule has 1 heterocycles. The van der Waals surface area contributed by atoms with Crippen LogP contribution in [0, 0.1) is 19.7 Å². The van der Waals surface area contributed by atoms with Gasteiger partial charge in [0.2, 0.25) is 0 Å². The van der Waals surface area contributed by atoms with Gasteiger partial charge in [0.25, 0.3) is 0 Å². The van der Waals surface area contributed by atoms with Gasteiger partial charge in [-0.3, -0.25) is 4.79 Å². The van der Waals surface area contributed by atoms with Crippen LogP contribution in [-0.4, -0.2) is 38.3 Å². The average Bonchev–Trinajstić information content (AvgIpc) is 3.50. The Balaban J connectivity index is 1.39. The Morgan fingerprint density at radius 1 is 1.11 bits per heavy atom.